The van der Waals surface area contributed by atoms with Gasteiger partial charge in [0.15, 0.2) is 6.29 Å². The molecule has 0 radical (unpaired) electrons. The maximum atomic E-state index is 13.7. The Bertz CT molecular complexity index is 2290. The standard InChI is InChI=1S/C49H51N3O6S/c1-36-17-27-45(28-18-36)59(55,56)51-46(29-37-11-5-2-6-12-37)48(54)50-31-38-19-25-43(26-20-38)49-57-44(30-47(58-49)42-23-21-41(35-53)22-24-42)34-52(32-39-13-7-3-8-14-39)33-40-15-9-4-10-16-40/h2-28,44,46-47,49,51,53H,29-35H2,1H3,(H,50,54)/t44-,46+,47+,49+/m0/s1. The Balaban J connectivity index is 1.06. The van der Waals surface area contributed by atoms with Gasteiger partial charge in [-0.1, -0.05) is 157 Å². The molecular formula is C49H51N3O6S. The fourth-order valence-electron chi connectivity index (χ4n) is 7.30. The van der Waals surface area contributed by atoms with Crippen molar-refractivity contribution in [3.8, 4) is 0 Å². The number of rotatable bonds is 17. The van der Waals surface area contributed by atoms with E-state index in [1.807, 2.05) is 97.9 Å². The van der Waals surface area contributed by atoms with Crippen molar-refractivity contribution in [1.29, 1.82) is 0 Å². The number of benzene rings is 6. The summed E-state index contributed by atoms with van der Waals surface area (Å²) in [6.45, 7) is 4.25. The van der Waals surface area contributed by atoms with Crippen LogP contribution in [0.25, 0.3) is 0 Å². The highest BCUT2D eigenvalue weighted by Gasteiger charge is 2.33. The van der Waals surface area contributed by atoms with E-state index in [0.717, 1.165) is 46.5 Å². The molecule has 0 spiro atoms. The lowest BCUT2D eigenvalue weighted by molar-refractivity contribution is -0.253. The van der Waals surface area contributed by atoms with Crippen molar-refractivity contribution >= 4 is 15.9 Å². The number of aliphatic hydroxyl groups excluding tert-OH is 1. The van der Waals surface area contributed by atoms with Crippen LogP contribution in [0.4, 0.5) is 0 Å². The smallest absolute Gasteiger partial charge is 0.241 e. The minimum atomic E-state index is -3.97. The van der Waals surface area contributed by atoms with E-state index in [1.54, 1.807) is 24.3 Å². The lowest BCUT2D eigenvalue weighted by atomic mass is 9.99. The van der Waals surface area contributed by atoms with Crippen LogP contribution in [0.2, 0.25) is 0 Å². The van der Waals surface area contributed by atoms with Crippen LogP contribution in [-0.2, 0) is 57.0 Å². The van der Waals surface area contributed by atoms with Crippen molar-refractivity contribution < 1.29 is 27.8 Å². The molecule has 4 atom stereocenters. The van der Waals surface area contributed by atoms with E-state index >= 15 is 0 Å². The number of aliphatic hydroxyl groups is 1. The Morgan fingerprint density at radius 2 is 1.22 bits per heavy atom. The Labute approximate surface area is 347 Å². The van der Waals surface area contributed by atoms with Crippen LogP contribution in [0.5, 0.6) is 0 Å². The summed E-state index contributed by atoms with van der Waals surface area (Å²) >= 11 is 0. The molecule has 0 aliphatic carbocycles. The fourth-order valence-corrected chi connectivity index (χ4v) is 8.50. The first-order chi connectivity index (χ1) is 28.7. The molecule has 9 nitrogen and oxygen atoms in total. The molecule has 1 amide bonds. The Hall–Kier alpha value is -5.46. The van der Waals surface area contributed by atoms with Gasteiger partial charge in [-0.2, -0.15) is 4.72 Å². The number of hydrogen-bond acceptors (Lipinski definition) is 7. The van der Waals surface area contributed by atoms with E-state index in [9.17, 15) is 18.3 Å². The topological polar surface area (TPSA) is 117 Å². The number of amides is 1. The van der Waals surface area contributed by atoms with Crippen LogP contribution in [0.1, 0.15) is 63.3 Å². The van der Waals surface area contributed by atoms with Gasteiger partial charge in [-0.3, -0.25) is 9.69 Å². The molecule has 304 valence electrons. The number of ether oxygens (including phenoxy) is 2. The third kappa shape index (κ3) is 11.8. The molecule has 3 N–H and O–H groups in total. The molecule has 1 saturated heterocycles. The average molecular weight is 810 g/mol. The largest absolute Gasteiger partial charge is 0.392 e. The van der Waals surface area contributed by atoms with Crippen molar-refractivity contribution in [2.45, 2.75) is 75.4 Å². The van der Waals surface area contributed by atoms with Crippen molar-refractivity contribution in [1.82, 2.24) is 14.9 Å². The zero-order valence-electron chi connectivity index (χ0n) is 33.2. The highest BCUT2D eigenvalue weighted by molar-refractivity contribution is 7.89. The van der Waals surface area contributed by atoms with Crippen LogP contribution in [0.3, 0.4) is 0 Å². The molecule has 1 fully saturated rings. The summed E-state index contributed by atoms with van der Waals surface area (Å²) < 4.78 is 42.8. The van der Waals surface area contributed by atoms with E-state index in [1.165, 1.54) is 11.1 Å². The minimum absolute atomic E-state index is 0.0301. The van der Waals surface area contributed by atoms with Crippen molar-refractivity contribution in [2.24, 2.45) is 0 Å². The highest BCUT2D eigenvalue weighted by atomic mass is 32.2. The highest BCUT2D eigenvalue weighted by Crippen LogP contribution is 2.38. The summed E-state index contributed by atoms with van der Waals surface area (Å²) in [6.07, 6.45) is -0.219. The molecule has 1 aliphatic heterocycles. The Kier molecular flexibility index (Phi) is 14.1. The second-order valence-corrected chi connectivity index (χ2v) is 16.8. The molecule has 0 saturated carbocycles. The number of carbonyl (C=O) groups is 1. The molecule has 0 bridgehead atoms. The van der Waals surface area contributed by atoms with Gasteiger partial charge in [0.1, 0.15) is 6.04 Å². The number of carbonyl (C=O) groups excluding carboxylic acids is 1. The summed E-state index contributed by atoms with van der Waals surface area (Å²) in [5, 5.41) is 12.6. The zero-order valence-corrected chi connectivity index (χ0v) is 34.0. The van der Waals surface area contributed by atoms with Crippen molar-refractivity contribution in [3.63, 3.8) is 0 Å². The Morgan fingerprint density at radius 1 is 0.678 bits per heavy atom. The third-order valence-corrected chi connectivity index (χ3v) is 12.0. The molecule has 10 heteroatoms. The first-order valence-corrected chi connectivity index (χ1v) is 21.5. The average Bonchev–Trinajstić information content (AvgIpc) is 3.26. The monoisotopic (exact) mass is 809 g/mol. The van der Waals surface area contributed by atoms with Crippen LogP contribution in [0, 0.1) is 6.92 Å². The lowest BCUT2D eigenvalue weighted by Crippen LogP contribution is -2.47. The molecule has 0 aromatic heterocycles. The molecule has 1 aliphatic rings. The maximum absolute atomic E-state index is 13.7. The molecule has 6 aromatic rings. The summed E-state index contributed by atoms with van der Waals surface area (Å²) in [5.74, 6) is -0.430. The van der Waals surface area contributed by atoms with E-state index < -0.39 is 28.3 Å². The molecule has 0 unspecified atom stereocenters. The van der Waals surface area contributed by atoms with Crippen LogP contribution >= 0.6 is 0 Å². The number of nitrogens with one attached hydrogen (secondary N) is 2. The molecule has 1 heterocycles. The predicted molar refractivity (Wildman–Crippen MR) is 229 cm³/mol. The van der Waals surface area contributed by atoms with Gasteiger partial charge in [-0.05, 0) is 58.9 Å². The van der Waals surface area contributed by atoms with E-state index in [0.29, 0.717) is 13.0 Å². The number of nitrogens with zero attached hydrogens (tertiary/aromatic N) is 1. The summed E-state index contributed by atoms with van der Waals surface area (Å²) in [5.41, 5.74) is 7.74. The molecule has 6 aromatic carbocycles. The summed E-state index contributed by atoms with van der Waals surface area (Å²) in [4.78, 5) is 16.2. The van der Waals surface area contributed by atoms with Gasteiger partial charge in [0.05, 0.1) is 23.7 Å². The van der Waals surface area contributed by atoms with E-state index in [4.69, 9.17) is 9.47 Å². The number of aryl methyl sites for hydroxylation is 1. The van der Waals surface area contributed by atoms with Gasteiger partial charge in [-0.25, -0.2) is 8.42 Å². The predicted octanol–water partition coefficient (Wildman–Crippen LogP) is 7.94. The van der Waals surface area contributed by atoms with Crippen LogP contribution in [0.15, 0.2) is 169 Å². The van der Waals surface area contributed by atoms with Crippen LogP contribution < -0.4 is 10.0 Å². The summed E-state index contributed by atoms with van der Waals surface area (Å²) in [7, 11) is -3.97. The normalized spacial score (nSPS) is 17.4. The quantitative estimate of drug-likeness (QED) is 0.0857. The molecule has 59 heavy (non-hydrogen) atoms. The SMILES string of the molecule is Cc1ccc(S(=O)(=O)N[C@H](Cc2ccccc2)C(=O)NCc2ccc([C@@H]3O[C@H](CN(Cc4ccccc4)Cc4ccccc4)C[C@H](c4ccc(CO)cc4)O3)cc2)cc1. The third-order valence-electron chi connectivity index (χ3n) is 10.5. The molecule has 7 rings (SSSR count). The lowest BCUT2D eigenvalue weighted by Gasteiger charge is -2.38. The molecular weight excluding hydrogens is 759 g/mol. The Morgan fingerprint density at radius 3 is 1.80 bits per heavy atom. The van der Waals surface area contributed by atoms with Crippen molar-refractivity contribution in [2.75, 3.05) is 6.54 Å². The second-order valence-electron chi connectivity index (χ2n) is 15.1. The maximum Gasteiger partial charge on any atom is 0.241 e. The van der Waals surface area contributed by atoms with Gasteiger partial charge < -0.3 is 19.9 Å². The van der Waals surface area contributed by atoms with E-state index in [-0.39, 0.29) is 36.7 Å². The van der Waals surface area contributed by atoms with E-state index in [2.05, 4.69) is 63.5 Å². The number of hydrogen-bond donors (Lipinski definition) is 3. The first-order valence-electron chi connectivity index (χ1n) is 20.0. The minimum Gasteiger partial charge on any atom is -0.392 e. The zero-order chi connectivity index (χ0) is 41.0. The first kappa shape index (κ1) is 41.7. The van der Waals surface area contributed by atoms with Gasteiger partial charge >= 0.3 is 0 Å². The fraction of sp³-hybridized carbons (Fsp3) is 0.245. The number of sulfonamides is 1. The van der Waals surface area contributed by atoms with Crippen LogP contribution in [-0.4, -0.2) is 43.0 Å². The second kappa shape index (κ2) is 20.0. The van der Waals surface area contributed by atoms with Crippen molar-refractivity contribution in [3.05, 3.63) is 208 Å². The van der Waals surface area contributed by atoms with Gasteiger partial charge in [0, 0.05) is 38.2 Å². The van der Waals surface area contributed by atoms with Gasteiger partial charge in [0.25, 0.3) is 0 Å². The summed E-state index contributed by atoms with van der Waals surface area (Å²) in [6, 6.07) is 51.4. The van der Waals surface area contributed by atoms with Gasteiger partial charge in [-0.15, -0.1) is 0 Å². The van der Waals surface area contributed by atoms with Gasteiger partial charge in [0.2, 0.25) is 15.9 Å².